The molecule has 4 fully saturated rings. The summed E-state index contributed by atoms with van der Waals surface area (Å²) in [6.45, 7) is 16.8. The van der Waals surface area contributed by atoms with Crippen LogP contribution in [0.1, 0.15) is 92.4 Å². The minimum Gasteiger partial charge on any atom is -0.0953 e. The van der Waals surface area contributed by atoms with Gasteiger partial charge in [0.15, 0.2) is 0 Å². The van der Waals surface area contributed by atoms with E-state index in [-0.39, 0.29) is 0 Å². The van der Waals surface area contributed by atoms with E-state index in [0.29, 0.717) is 11.3 Å². The van der Waals surface area contributed by atoms with E-state index in [2.05, 4.69) is 65.5 Å². The van der Waals surface area contributed by atoms with Gasteiger partial charge in [-0.25, -0.2) is 0 Å². The van der Waals surface area contributed by atoms with Gasteiger partial charge < -0.3 is 0 Å². The third-order valence-corrected chi connectivity index (χ3v) is 9.59. The van der Waals surface area contributed by atoms with Crippen molar-refractivity contribution < 1.29 is 0 Å². The predicted molar refractivity (Wildman–Crippen MR) is 131 cm³/mol. The lowest BCUT2D eigenvalue weighted by atomic mass is 9.61. The average molecular weight is 407 g/mol. The molecule has 0 radical (unpaired) electrons. The zero-order chi connectivity index (χ0) is 21.5. The van der Waals surface area contributed by atoms with Crippen molar-refractivity contribution >= 4 is 0 Å². The fourth-order valence-corrected chi connectivity index (χ4v) is 7.44. The summed E-state index contributed by atoms with van der Waals surface area (Å²) in [5.41, 5.74) is 5.18. The van der Waals surface area contributed by atoms with E-state index in [0.717, 1.165) is 35.5 Å². The van der Waals surface area contributed by atoms with Crippen LogP contribution in [0.3, 0.4) is 0 Å². The van der Waals surface area contributed by atoms with E-state index in [4.69, 9.17) is 0 Å². The van der Waals surface area contributed by atoms with E-state index in [9.17, 15) is 0 Å². The molecule has 4 saturated carbocycles. The lowest BCUT2D eigenvalue weighted by molar-refractivity contribution is 0.112. The van der Waals surface area contributed by atoms with Crippen LogP contribution in [-0.2, 0) is 0 Å². The maximum absolute atomic E-state index is 4.44. The van der Waals surface area contributed by atoms with Crippen molar-refractivity contribution in [3.05, 3.63) is 47.6 Å². The maximum Gasteiger partial charge on any atom is -0.0143 e. The second-order valence-electron chi connectivity index (χ2n) is 11.9. The highest BCUT2D eigenvalue weighted by atomic mass is 14.5. The number of allylic oxidation sites excluding steroid dienone is 7. The van der Waals surface area contributed by atoms with E-state index in [1.54, 1.807) is 5.57 Å². The monoisotopic (exact) mass is 406 g/mol. The van der Waals surface area contributed by atoms with Gasteiger partial charge >= 0.3 is 0 Å². The van der Waals surface area contributed by atoms with Gasteiger partial charge in [0.1, 0.15) is 0 Å². The van der Waals surface area contributed by atoms with E-state index < -0.39 is 0 Å². The second kappa shape index (κ2) is 8.84. The SMILES string of the molecule is C=C1/C(=C/C=C2\CCC[C@]3(C)C([C@H](C)/C=C/[C@H](C)C4CC4)CC[C@@H]23)C[C@@H](C)C[C@@H]1C. The van der Waals surface area contributed by atoms with Gasteiger partial charge in [0.2, 0.25) is 0 Å². The molecule has 4 aliphatic carbocycles. The Morgan fingerprint density at radius 2 is 1.73 bits per heavy atom. The molecule has 0 N–H and O–H groups in total. The fourth-order valence-electron chi connectivity index (χ4n) is 7.44. The molecule has 0 aliphatic heterocycles. The first kappa shape index (κ1) is 22.2. The van der Waals surface area contributed by atoms with Crippen LogP contribution in [0, 0.1) is 46.8 Å². The summed E-state index contributed by atoms with van der Waals surface area (Å²) in [7, 11) is 0. The summed E-state index contributed by atoms with van der Waals surface area (Å²) in [6.07, 6.45) is 22.5. The Bertz CT molecular complexity index is 729. The largest absolute Gasteiger partial charge is 0.0953 e. The summed E-state index contributed by atoms with van der Waals surface area (Å²) < 4.78 is 0. The molecule has 30 heavy (non-hydrogen) atoms. The normalized spacial score (nSPS) is 42.1. The lowest BCUT2D eigenvalue weighted by Gasteiger charge is -2.44. The van der Waals surface area contributed by atoms with Crippen molar-refractivity contribution in [2.75, 3.05) is 0 Å². The molecule has 0 aromatic rings. The third-order valence-electron chi connectivity index (χ3n) is 9.59. The van der Waals surface area contributed by atoms with Crippen LogP contribution in [0.2, 0.25) is 0 Å². The van der Waals surface area contributed by atoms with Gasteiger partial charge in [0.25, 0.3) is 0 Å². The van der Waals surface area contributed by atoms with Gasteiger partial charge in [-0.1, -0.05) is 71.1 Å². The highest BCUT2D eigenvalue weighted by Gasteiger charge is 2.50. The molecule has 0 nitrogen and oxygen atoms in total. The maximum atomic E-state index is 4.44. The zero-order valence-electron chi connectivity index (χ0n) is 20.4. The van der Waals surface area contributed by atoms with Crippen LogP contribution < -0.4 is 0 Å². The predicted octanol–water partition coefficient (Wildman–Crippen LogP) is 8.92. The van der Waals surface area contributed by atoms with E-state index in [1.807, 2.05) is 0 Å². The molecule has 1 unspecified atom stereocenters. The number of fused-ring (bicyclic) bond motifs is 1. The van der Waals surface area contributed by atoms with Crippen molar-refractivity contribution in [1.82, 2.24) is 0 Å². The van der Waals surface area contributed by atoms with Gasteiger partial charge in [-0.2, -0.15) is 0 Å². The first-order chi connectivity index (χ1) is 14.3. The number of hydrogen-bond acceptors (Lipinski definition) is 0. The van der Waals surface area contributed by atoms with Crippen LogP contribution in [-0.4, -0.2) is 0 Å². The Hall–Kier alpha value is -1.04. The molecular weight excluding hydrogens is 360 g/mol. The summed E-state index contributed by atoms with van der Waals surface area (Å²) in [5, 5.41) is 0. The van der Waals surface area contributed by atoms with Crippen LogP contribution in [0.25, 0.3) is 0 Å². The topological polar surface area (TPSA) is 0 Å². The minimum atomic E-state index is 0.499. The van der Waals surface area contributed by atoms with Gasteiger partial charge in [-0.15, -0.1) is 0 Å². The molecule has 0 saturated heterocycles. The lowest BCUT2D eigenvalue weighted by Crippen LogP contribution is -2.35. The van der Waals surface area contributed by atoms with E-state index >= 15 is 0 Å². The molecule has 0 amide bonds. The fraction of sp³-hybridized carbons (Fsp3) is 0.733. The Balaban J connectivity index is 1.48. The van der Waals surface area contributed by atoms with Crippen molar-refractivity contribution in [3.63, 3.8) is 0 Å². The molecule has 4 aliphatic rings. The Labute approximate surface area is 187 Å². The standard InChI is InChI=1S/C30H46/c1-20-18-23(4)24(5)27(19-20)14-13-26-8-7-17-30(6)28(15-16-29(26)30)22(3)10-9-21(2)25-11-12-25/h9-10,13-14,20-23,25,28-29H,5,7-8,11-12,15-19H2,1-4,6H3/b10-9+,26-13+,27-14+/t20-,21-,22+,23-,28?,29-,30+/m0/s1. The Kier molecular flexibility index (Phi) is 6.53. The minimum absolute atomic E-state index is 0.499. The molecule has 0 aromatic heterocycles. The average Bonchev–Trinajstić information content (AvgIpc) is 3.49. The molecular formula is C30H46. The Morgan fingerprint density at radius 3 is 2.47 bits per heavy atom. The molecule has 4 rings (SSSR count). The summed E-state index contributed by atoms with van der Waals surface area (Å²) >= 11 is 0. The van der Waals surface area contributed by atoms with E-state index in [1.165, 1.54) is 68.9 Å². The first-order valence-corrected chi connectivity index (χ1v) is 13.1. The van der Waals surface area contributed by atoms with Crippen LogP contribution in [0.4, 0.5) is 0 Å². The van der Waals surface area contributed by atoms with Gasteiger partial charge in [-0.3, -0.25) is 0 Å². The smallest absolute Gasteiger partial charge is 0.0143 e. The highest BCUT2D eigenvalue weighted by molar-refractivity contribution is 5.37. The molecule has 7 atom stereocenters. The molecule has 0 spiro atoms. The summed E-state index contributed by atoms with van der Waals surface area (Å²) in [5.74, 6) is 5.60. The summed E-state index contributed by atoms with van der Waals surface area (Å²) in [4.78, 5) is 0. The van der Waals surface area contributed by atoms with Gasteiger partial charge in [-0.05, 0) is 116 Å². The van der Waals surface area contributed by atoms with Crippen molar-refractivity contribution in [1.29, 1.82) is 0 Å². The van der Waals surface area contributed by atoms with Gasteiger partial charge in [0.05, 0.1) is 0 Å². The van der Waals surface area contributed by atoms with Crippen LogP contribution in [0.15, 0.2) is 47.6 Å². The quantitative estimate of drug-likeness (QED) is 0.400. The molecule has 0 bridgehead atoms. The molecule has 0 heterocycles. The first-order valence-electron chi connectivity index (χ1n) is 13.1. The molecule has 0 heteroatoms. The second-order valence-corrected chi connectivity index (χ2v) is 11.9. The number of hydrogen-bond donors (Lipinski definition) is 0. The molecule has 0 aromatic carbocycles. The van der Waals surface area contributed by atoms with Crippen LogP contribution in [0.5, 0.6) is 0 Å². The zero-order valence-corrected chi connectivity index (χ0v) is 20.4. The van der Waals surface area contributed by atoms with Crippen molar-refractivity contribution in [3.8, 4) is 0 Å². The van der Waals surface area contributed by atoms with Crippen molar-refractivity contribution in [2.24, 2.45) is 46.8 Å². The van der Waals surface area contributed by atoms with Crippen LogP contribution >= 0.6 is 0 Å². The molecule has 166 valence electrons. The van der Waals surface area contributed by atoms with Crippen molar-refractivity contribution in [2.45, 2.75) is 92.4 Å². The number of rotatable bonds is 5. The highest BCUT2D eigenvalue weighted by Crippen LogP contribution is 2.59. The third kappa shape index (κ3) is 4.44. The van der Waals surface area contributed by atoms with Gasteiger partial charge in [0, 0.05) is 0 Å². The summed E-state index contributed by atoms with van der Waals surface area (Å²) in [6, 6.07) is 0. The Morgan fingerprint density at radius 1 is 1.00 bits per heavy atom.